The Kier molecular flexibility index (Phi) is 8.97. The van der Waals surface area contributed by atoms with Crippen molar-refractivity contribution in [3.05, 3.63) is 41.7 Å². The van der Waals surface area contributed by atoms with Gasteiger partial charge in [0.05, 0.1) is 12.6 Å². The molecule has 2 atom stereocenters. The highest BCUT2D eigenvalue weighted by molar-refractivity contribution is 5.95. The summed E-state index contributed by atoms with van der Waals surface area (Å²) in [6, 6.07) is 1.98. The van der Waals surface area contributed by atoms with Crippen LogP contribution in [0.4, 0.5) is 0 Å². The number of carbonyl (C=O) groups excluding carboxylic acids is 2. The van der Waals surface area contributed by atoms with E-state index in [-0.39, 0.29) is 36.7 Å². The first-order chi connectivity index (χ1) is 16.4. The van der Waals surface area contributed by atoms with Crippen molar-refractivity contribution in [3.63, 3.8) is 0 Å². The van der Waals surface area contributed by atoms with Crippen molar-refractivity contribution in [3.8, 4) is 0 Å². The SMILES string of the molecule is N/C(=N/O)c1ccc(CNC(=O)C2CC=CCN2C(=O)C(NCC(=O)O)C2CCCCC2)cn1. The van der Waals surface area contributed by atoms with Crippen LogP contribution in [0.5, 0.6) is 0 Å². The summed E-state index contributed by atoms with van der Waals surface area (Å²) < 4.78 is 0. The summed E-state index contributed by atoms with van der Waals surface area (Å²) in [4.78, 5) is 43.4. The minimum Gasteiger partial charge on any atom is -0.480 e. The molecule has 6 N–H and O–H groups in total. The Hall–Kier alpha value is -3.47. The molecule has 1 aliphatic carbocycles. The molecule has 0 bridgehead atoms. The molecule has 0 saturated heterocycles. The van der Waals surface area contributed by atoms with E-state index in [0.29, 0.717) is 18.7 Å². The molecule has 184 valence electrons. The van der Waals surface area contributed by atoms with E-state index in [1.165, 1.54) is 6.20 Å². The average molecular weight is 473 g/mol. The van der Waals surface area contributed by atoms with Gasteiger partial charge in [0.1, 0.15) is 11.7 Å². The van der Waals surface area contributed by atoms with E-state index in [9.17, 15) is 14.4 Å². The first-order valence-corrected chi connectivity index (χ1v) is 11.5. The summed E-state index contributed by atoms with van der Waals surface area (Å²) in [5, 5.41) is 26.5. The van der Waals surface area contributed by atoms with Crippen LogP contribution in [0.3, 0.4) is 0 Å². The molecule has 34 heavy (non-hydrogen) atoms. The molecule has 0 spiro atoms. The van der Waals surface area contributed by atoms with Gasteiger partial charge in [0.15, 0.2) is 5.84 Å². The third-order valence-corrected chi connectivity index (χ3v) is 6.31. The van der Waals surface area contributed by atoms with Crippen LogP contribution >= 0.6 is 0 Å². The highest BCUT2D eigenvalue weighted by atomic mass is 16.4. The van der Waals surface area contributed by atoms with Gasteiger partial charge in [0, 0.05) is 19.3 Å². The zero-order chi connectivity index (χ0) is 24.5. The maximum Gasteiger partial charge on any atom is 0.317 e. The molecule has 2 amide bonds. The molecule has 1 saturated carbocycles. The third kappa shape index (κ3) is 6.53. The Balaban J connectivity index is 1.67. The number of carbonyl (C=O) groups is 3. The lowest BCUT2D eigenvalue weighted by molar-refractivity contribution is -0.144. The average Bonchev–Trinajstić information content (AvgIpc) is 2.87. The Labute approximate surface area is 198 Å². The second kappa shape index (κ2) is 12.1. The lowest BCUT2D eigenvalue weighted by atomic mass is 9.83. The number of pyridine rings is 1. The highest BCUT2D eigenvalue weighted by Crippen LogP contribution is 2.28. The third-order valence-electron chi connectivity index (χ3n) is 6.31. The number of nitrogens with zero attached hydrogens (tertiary/aromatic N) is 3. The van der Waals surface area contributed by atoms with Gasteiger partial charge in [-0.3, -0.25) is 24.7 Å². The van der Waals surface area contributed by atoms with E-state index in [4.69, 9.17) is 16.0 Å². The van der Waals surface area contributed by atoms with Crippen molar-refractivity contribution in [2.45, 2.75) is 57.2 Å². The minimum atomic E-state index is -1.02. The maximum atomic E-state index is 13.5. The molecule has 2 aliphatic rings. The fourth-order valence-corrected chi connectivity index (χ4v) is 4.50. The van der Waals surface area contributed by atoms with Crippen molar-refractivity contribution < 1.29 is 24.7 Å². The summed E-state index contributed by atoms with van der Waals surface area (Å²) in [6.45, 7) is 0.195. The Morgan fingerprint density at radius 1 is 1.21 bits per heavy atom. The Morgan fingerprint density at radius 3 is 2.62 bits per heavy atom. The number of hydrogen-bond donors (Lipinski definition) is 5. The largest absolute Gasteiger partial charge is 0.480 e. The number of aliphatic carboxylic acids is 1. The normalized spacial score (nSPS) is 20.1. The lowest BCUT2D eigenvalue weighted by Crippen LogP contribution is -2.58. The number of oxime groups is 1. The van der Waals surface area contributed by atoms with Crippen LogP contribution in [0, 0.1) is 5.92 Å². The molecule has 2 heterocycles. The van der Waals surface area contributed by atoms with E-state index in [2.05, 4.69) is 20.8 Å². The fraction of sp³-hybridized carbons (Fsp3) is 0.522. The second-order valence-corrected chi connectivity index (χ2v) is 8.62. The quantitative estimate of drug-likeness (QED) is 0.114. The van der Waals surface area contributed by atoms with Crippen molar-refractivity contribution in [1.29, 1.82) is 0 Å². The number of amidine groups is 1. The van der Waals surface area contributed by atoms with Gasteiger partial charge in [0.25, 0.3) is 0 Å². The Bertz CT molecular complexity index is 926. The Morgan fingerprint density at radius 2 is 1.97 bits per heavy atom. The van der Waals surface area contributed by atoms with Crippen molar-refractivity contribution in [1.82, 2.24) is 20.5 Å². The minimum absolute atomic E-state index is 0.0507. The molecular weight excluding hydrogens is 440 g/mol. The fourth-order valence-electron chi connectivity index (χ4n) is 4.50. The standard InChI is InChI=1S/C23H32N6O5/c24-21(28-34)17-10-9-15(12-25-17)13-27-22(32)18-8-4-5-11-29(18)23(33)20(26-14-19(30)31)16-6-2-1-3-7-16/h4-5,9-10,12,16,18,20,26,34H,1-3,6-8,11,13-14H2,(H2,24,28)(H,27,32)(H,30,31). The van der Waals surface area contributed by atoms with Crippen LogP contribution in [0.25, 0.3) is 0 Å². The van der Waals surface area contributed by atoms with Gasteiger partial charge < -0.3 is 26.3 Å². The van der Waals surface area contributed by atoms with Gasteiger partial charge in [-0.15, -0.1) is 0 Å². The number of rotatable bonds is 9. The number of amides is 2. The molecular formula is C23H32N6O5. The molecule has 0 aromatic carbocycles. The summed E-state index contributed by atoms with van der Waals surface area (Å²) in [5.41, 5.74) is 6.54. The second-order valence-electron chi connectivity index (χ2n) is 8.62. The summed E-state index contributed by atoms with van der Waals surface area (Å²) in [6.07, 6.45) is 10.5. The molecule has 1 aromatic heterocycles. The first kappa shape index (κ1) is 25.2. The molecule has 2 unspecified atom stereocenters. The van der Waals surface area contributed by atoms with Gasteiger partial charge in [-0.2, -0.15) is 0 Å². The van der Waals surface area contributed by atoms with Gasteiger partial charge >= 0.3 is 5.97 Å². The molecule has 11 heteroatoms. The van der Waals surface area contributed by atoms with E-state index in [0.717, 1.165) is 37.7 Å². The molecule has 3 rings (SSSR count). The maximum absolute atomic E-state index is 13.5. The number of carboxylic acid groups (broad SMARTS) is 1. The molecule has 1 aromatic rings. The summed E-state index contributed by atoms with van der Waals surface area (Å²) in [5.74, 6) is -1.60. The van der Waals surface area contributed by atoms with E-state index < -0.39 is 18.1 Å². The summed E-state index contributed by atoms with van der Waals surface area (Å²) >= 11 is 0. The first-order valence-electron chi connectivity index (χ1n) is 11.5. The molecule has 1 aliphatic heterocycles. The van der Waals surface area contributed by atoms with Crippen LogP contribution in [0.2, 0.25) is 0 Å². The monoisotopic (exact) mass is 472 g/mol. The topological polar surface area (TPSA) is 170 Å². The van der Waals surface area contributed by atoms with E-state index in [1.54, 1.807) is 17.0 Å². The van der Waals surface area contributed by atoms with Crippen LogP contribution in [0.15, 0.2) is 35.6 Å². The zero-order valence-corrected chi connectivity index (χ0v) is 19.0. The van der Waals surface area contributed by atoms with Crippen LogP contribution in [0.1, 0.15) is 49.8 Å². The summed E-state index contributed by atoms with van der Waals surface area (Å²) in [7, 11) is 0. The van der Waals surface area contributed by atoms with Crippen molar-refractivity contribution >= 4 is 23.6 Å². The van der Waals surface area contributed by atoms with Gasteiger partial charge in [-0.25, -0.2) is 0 Å². The number of carboxylic acids is 1. The molecule has 0 radical (unpaired) electrons. The van der Waals surface area contributed by atoms with E-state index >= 15 is 0 Å². The van der Waals surface area contributed by atoms with Crippen LogP contribution in [-0.2, 0) is 20.9 Å². The van der Waals surface area contributed by atoms with Crippen molar-refractivity contribution in [2.75, 3.05) is 13.1 Å². The van der Waals surface area contributed by atoms with Crippen LogP contribution in [-0.4, -0.2) is 69.0 Å². The van der Waals surface area contributed by atoms with Gasteiger partial charge in [0.2, 0.25) is 11.8 Å². The highest BCUT2D eigenvalue weighted by Gasteiger charge is 2.37. The number of nitrogens with one attached hydrogen (secondary N) is 2. The van der Waals surface area contributed by atoms with E-state index in [1.807, 2.05) is 12.2 Å². The number of hydrogen-bond acceptors (Lipinski definition) is 7. The number of aromatic nitrogens is 1. The lowest BCUT2D eigenvalue weighted by Gasteiger charge is -2.38. The van der Waals surface area contributed by atoms with Gasteiger partial charge in [-0.1, -0.05) is 42.6 Å². The predicted octanol–water partition coefficient (Wildman–Crippen LogP) is 0.573. The smallest absolute Gasteiger partial charge is 0.317 e. The van der Waals surface area contributed by atoms with Crippen molar-refractivity contribution in [2.24, 2.45) is 16.8 Å². The number of nitrogens with two attached hydrogens (primary N) is 1. The predicted molar refractivity (Wildman–Crippen MR) is 124 cm³/mol. The van der Waals surface area contributed by atoms with Gasteiger partial charge in [-0.05, 0) is 36.8 Å². The molecule has 11 nitrogen and oxygen atoms in total. The molecule has 1 fully saturated rings. The zero-order valence-electron chi connectivity index (χ0n) is 19.0. The van der Waals surface area contributed by atoms with Crippen LogP contribution < -0.4 is 16.4 Å².